The SMILES string of the molecule is CB1OC(C)C2(CCC3C4CCC5CC(O)CCC5(C)C4CCC32C)O1. The van der Waals surface area contributed by atoms with Crippen LogP contribution in [0.3, 0.4) is 0 Å². The molecule has 9 atom stereocenters. The molecule has 4 heteroatoms. The largest absolute Gasteiger partial charge is 0.454 e. The van der Waals surface area contributed by atoms with Gasteiger partial charge in [-0.1, -0.05) is 13.8 Å². The number of rotatable bonds is 0. The van der Waals surface area contributed by atoms with E-state index in [2.05, 4.69) is 27.6 Å². The van der Waals surface area contributed by atoms with Gasteiger partial charge in [0, 0.05) is 5.41 Å². The minimum absolute atomic E-state index is 0.0420. The van der Waals surface area contributed by atoms with Crippen LogP contribution >= 0.6 is 0 Å². The van der Waals surface area contributed by atoms with E-state index in [1.165, 1.54) is 44.9 Å². The van der Waals surface area contributed by atoms with E-state index < -0.39 is 0 Å². The molecule has 0 aromatic heterocycles. The van der Waals surface area contributed by atoms with Crippen LogP contribution in [0.4, 0.5) is 0 Å². The summed E-state index contributed by atoms with van der Waals surface area (Å²) in [6.45, 7) is 9.45. The van der Waals surface area contributed by atoms with Crippen molar-refractivity contribution in [2.75, 3.05) is 0 Å². The van der Waals surface area contributed by atoms with Gasteiger partial charge in [-0.25, -0.2) is 0 Å². The van der Waals surface area contributed by atoms with Gasteiger partial charge in [0.1, 0.15) is 0 Å². The summed E-state index contributed by atoms with van der Waals surface area (Å²) in [4.78, 5) is 0. The molecule has 0 aromatic rings. The summed E-state index contributed by atoms with van der Waals surface area (Å²) in [5, 5.41) is 10.2. The Bertz CT molecular complexity index is 584. The van der Waals surface area contributed by atoms with E-state index in [-0.39, 0.29) is 30.3 Å². The van der Waals surface area contributed by atoms with Crippen molar-refractivity contribution in [3.63, 3.8) is 0 Å². The third-order valence-corrected chi connectivity index (χ3v) is 10.2. The maximum Gasteiger partial charge on any atom is 0.454 e. The number of hydrogen-bond acceptors (Lipinski definition) is 3. The molecule has 4 saturated carbocycles. The van der Waals surface area contributed by atoms with Gasteiger partial charge >= 0.3 is 7.12 Å². The van der Waals surface area contributed by atoms with E-state index >= 15 is 0 Å². The van der Waals surface area contributed by atoms with Gasteiger partial charge in [0.25, 0.3) is 0 Å². The summed E-state index contributed by atoms with van der Waals surface area (Å²) in [6, 6.07) is 0. The Morgan fingerprint density at radius 2 is 1.73 bits per heavy atom. The molecule has 26 heavy (non-hydrogen) atoms. The van der Waals surface area contributed by atoms with Crippen molar-refractivity contribution in [3.8, 4) is 0 Å². The first-order valence-electron chi connectivity index (χ1n) is 11.3. The normalized spacial score (nSPS) is 59.2. The summed E-state index contributed by atoms with van der Waals surface area (Å²) >= 11 is 0. The molecule has 0 bridgehead atoms. The van der Waals surface area contributed by atoms with Gasteiger partial charge in [-0.15, -0.1) is 0 Å². The quantitative estimate of drug-likeness (QED) is 0.638. The maximum absolute atomic E-state index is 10.2. The molecule has 0 aromatic carbocycles. The fourth-order valence-corrected chi connectivity index (χ4v) is 8.95. The van der Waals surface area contributed by atoms with Crippen LogP contribution < -0.4 is 0 Å². The molecular formula is C22H37BO3. The van der Waals surface area contributed by atoms with Crippen molar-refractivity contribution in [2.45, 2.75) is 103 Å². The van der Waals surface area contributed by atoms with E-state index in [0.29, 0.717) is 5.41 Å². The minimum atomic E-state index is -0.0530. The van der Waals surface area contributed by atoms with E-state index in [1.54, 1.807) is 0 Å². The Hall–Kier alpha value is -0.0551. The molecule has 9 unspecified atom stereocenters. The highest BCUT2D eigenvalue weighted by molar-refractivity contribution is 6.43. The van der Waals surface area contributed by atoms with Crippen LogP contribution in [0, 0.1) is 34.5 Å². The first kappa shape index (κ1) is 18.0. The summed E-state index contributed by atoms with van der Waals surface area (Å²) < 4.78 is 12.7. The van der Waals surface area contributed by atoms with E-state index in [0.717, 1.165) is 36.5 Å². The lowest BCUT2D eigenvalue weighted by atomic mass is 9.44. The van der Waals surface area contributed by atoms with Gasteiger partial charge in [0.2, 0.25) is 0 Å². The second-order valence-electron chi connectivity index (χ2n) is 10.9. The monoisotopic (exact) mass is 360 g/mol. The van der Waals surface area contributed by atoms with Crippen LogP contribution in [-0.2, 0) is 9.31 Å². The van der Waals surface area contributed by atoms with Crippen LogP contribution in [0.15, 0.2) is 0 Å². The first-order chi connectivity index (χ1) is 12.3. The molecule has 5 aliphatic rings. The molecule has 3 nitrogen and oxygen atoms in total. The lowest BCUT2D eigenvalue weighted by molar-refractivity contribution is -0.155. The lowest BCUT2D eigenvalue weighted by Crippen LogP contribution is -2.58. The number of aliphatic hydroxyl groups is 1. The summed E-state index contributed by atoms with van der Waals surface area (Å²) in [7, 11) is -0.0496. The molecule has 1 N–H and O–H groups in total. The molecular weight excluding hydrogens is 323 g/mol. The third-order valence-electron chi connectivity index (χ3n) is 10.2. The standard InChI is InChI=1S/C22H37BO3/c1-14-22(26-23(4)25-14)12-9-19-17-6-5-15-13-16(24)7-10-20(15,2)18(17)8-11-21(19,22)3/h14-19,24H,5-13H2,1-4H3. The fourth-order valence-electron chi connectivity index (χ4n) is 8.95. The zero-order valence-electron chi connectivity index (χ0n) is 17.2. The van der Waals surface area contributed by atoms with Gasteiger partial charge < -0.3 is 14.4 Å². The predicted octanol–water partition coefficient (Wildman–Crippen LogP) is 4.68. The van der Waals surface area contributed by atoms with Crippen LogP contribution in [0.2, 0.25) is 6.82 Å². The van der Waals surface area contributed by atoms with E-state index in [9.17, 15) is 5.11 Å². The van der Waals surface area contributed by atoms with Crippen molar-refractivity contribution < 1.29 is 14.4 Å². The second kappa shape index (κ2) is 5.73. The number of hydrogen-bond donors (Lipinski definition) is 1. The zero-order chi connectivity index (χ0) is 18.3. The molecule has 0 radical (unpaired) electrons. The van der Waals surface area contributed by atoms with Gasteiger partial charge in [0.15, 0.2) is 0 Å². The van der Waals surface area contributed by atoms with Crippen molar-refractivity contribution in [1.29, 1.82) is 0 Å². The molecule has 4 aliphatic carbocycles. The predicted molar refractivity (Wildman–Crippen MR) is 104 cm³/mol. The summed E-state index contributed by atoms with van der Waals surface area (Å²) in [5.74, 6) is 3.26. The fraction of sp³-hybridized carbons (Fsp3) is 1.00. The molecule has 1 saturated heterocycles. The molecule has 0 amide bonds. The second-order valence-corrected chi connectivity index (χ2v) is 10.9. The van der Waals surface area contributed by atoms with Crippen LogP contribution in [0.5, 0.6) is 0 Å². The Balaban J connectivity index is 1.45. The molecule has 1 heterocycles. The Labute approximate surface area is 159 Å². The number of fused-ring (bicyclic) bond motifs is 6. The maximum atomic E-state index is 10.2. The van der Waals surface area contributed by atoms with E-state index in [4.69, 9.17) is 9.31 Å². The Kier molecular flexibility index (Phi) is 3.97. The van der Waals surface area contributed by atoms with E-state index in [1.807, 2.05) is 0 Å². The van der Waals surface area contributed by atoms with Crippen molar-refractivity contribution >= 4 is 7.12 Å². The zero-order valence-corrected chi connectivity index (χ0v) is 17.2. The molecule has 146 valence electrons. The van der Waals surface area contributed by atoms with Crippen molar-refractivity contribution in [2.24, 2.45) is 34.5 Å². The molecule has 5 rings (SSSR count). The van der Waals surface area contributed by atoms with Gasteiger partial charge in [-0.2, -0.15) is 0 Å². The number of aliphatic hydroxyl groups excluding tert-OH is 1. The smallest absolute Gasteiger partial charge is 0.406 e. The summed E-state index contributed by atoms with van der Waals surface area (Å²) in [6.07, 6.45) is 11.4. The topological polar surface area (TPSA) is 38.7 Å². The minimum Gasteiger partial charge on any atom is -0.406 e. The average Bonchev–Trinajstić information content (AvgIpc) is 3.05. The van der Waals surface area contributed by atoms with Crippen LogP contribution in [0.1, 0.15) is 78.6 Å². The molecule has 1 aliphatic heterocycles. The third kappa shape index (κ3) is 2.13. The highest BCUT2D eigenvalue weighted by Gasteiger charge is 2.69. The highest BCUT2D eigenvalue weighted by Crippen LogP contribution is 2.70. The van der Waals surface area contributed by atoms with Crippen LogP contribution in [-0.4, -0.2) is 30.0 Å². The van der Waals surface area contributed by atoms with Gasteiger partial charge in [-0.3, -0.25) is 0 Å². The first-order valence-corrected chi connectivity index (χ1v) is 11.3. The van der Waals surface area contributed by atoms with Gasteiger partial charge in [0.05, 0.1) is 17.8 Å². The highest BCUT2D eigenvalue weighted by atomic mass is 16.7. The molecule has 1 spiro atoms. The van der Waals surface area contributed by atoms with Crippen molar-refractivity contribution in [1.82, 2.24) is 0 Å². The lowest BCUT2D eigenvalue weighted by Gasteiger charge is -2.62. The Morgan fingerprint density at radius 1 is 0.962 bits per heavy atom. The molecule has 5 fully saturated rings. The van der Waals surface area contributed by atoms with Gasteiger partial charge in [-0.05, 0) is 101 Å². The Morgan fingerprint density at radius 3 is 2.46 bits per heavy atom. The van der Waals surface area contributed by atoms with Crippen molar-refractivity contribution in [3.05, 3.63) is 0 Å². The van der Waals surface area contributed by atoms with Crippen LogP contribution in [0.25, 0.3) is 0 Å². The average molecular weight is 360 g/mol. The summed E-state index contributed by atoms with van der Waals surface area (Å²) in [5.41, 5.74) is 0.684.